The lowest BCUT2D eigenvalue weighted by atomic mass is 9.83. The van der Waals surface area contributed by atoms with Gasteiger partial charge < -0.3 is 4.74 Å². The van der Waals surface area contributed by atoms with E-state index in [0.29, 0.717) is 0 Å². The molecule has 4 heteroatoms. The van der Waals surface area contributed by atoms with Gasteiger partial charge in [0.1, 0.15) is 5.75 Å². The summed E-state index contributed by atoms with van der Waals surface area (Å²) in [6, 6.07) is 3.96. The molecule has 0 amide bonds. The molecule has 1 aliphatic rings. The maximum atomic E-state index is 5.73. The Bertz CT molecular complexity index is 529. The maximum absolute atomic E-state index is 5.73. The molecule has 0 bridgehead atoms. The van der Waals surface area contributed by atoms with Crippen LogP contribution in [-0.2, 0) is 7.05 Å². The predicted octanol–water partition coefficient (Wildman–Crippen LogP) is 3.05. The van der Waals surface area contributed by atoms with Crippen molar-refractivity contribution in [3.8, 4) is 17.0 Å². The van der Waals surface area contributed by atoms with E-state index in [2.05, 4.69) is 10.1 Å². The number of hydrogen-bond donors (Lipinski definition) is 0. The van der Waals surface area contributed by atoms with Gasteiger partial charge in [-0.1, -0.05) is 19.3 Å². The van der Waals surface area contributed by atoms with E-state index in [1.807, 2.05) is 31.6 Å². The van der Waals surface area contributed by atoms with Crippen LogP contribution in [0.15, 0.2) is 30.7 Å². The largest absolute Gasteiger partial charge is 0.492 e. The zero-order valence-electron chi connectivity index (χ0n) is 11.2. The molecule has 4 nitrogen and oxygen atoms in total. The zero-order valence-corrected chi connectivity index (χ0v) is 11.2. The van der Waals surface area contributed by atoms with Gasteiger partial charge in [0.15, 0.2) is 0 Å². The van der Waals surface area contributed by atoms with E-state index in [9.17, 15) is 0 Å². The van der Waals surface area contributed by atoms with E-state index in [0.717, 1.165) is 29.5 Å². The van der Waals surface area contributed by atoms with Gasteiger partial charge in [0.2, 0.25) is 0 Å². The Kier molecular flexibility index (Phi) is 3.49. The topological polar surface area (TPSA) is 39.9 Å². The van der Waals surface area contributed by atoms with E-state index < -0.39 is 0 Å². The van der Waals surface area contributed by atoms with Crippen molar-refractivity contribution in [3.63, 3.8) is 0 Å². The summed E-state index contributed by atoms with van der Waals surface area (Å²) in [5, 5.41) is 4.15. The highest BCUT2D eigenvalue weighted by Gasteiger charge is 2.16. The summed E-state index contributed by atoms with van der Waals surface area (Å²) in [4.78, 5) is 4.42. The zero-order chi connectivity index (χ0) is 13.1. The van der Waals surface area contributed by atoms with E-state index in [1.54, 1.807) is 10.9 Å². The average Bonchev–Trinajstić information content (AvgIpc) is 2.80. The molecule has 2 aromatic heterocycles. The summed E-state index contributed by atoms with van der Waals surface area (Å²) >= 11 is 0. The quantitative estimate of drug-likeness (QED) is 0.826. The fourth-order valence-electron chi connectivity index (χ4n) is 2.31. The summed E-state index contributed by atoms with van der Waals surface area (Å²) in [5.74, 6) is 1.74. The van der Waals surface area contributed by atoms with Crippen LogP contribution in [0.25, 0.3) is 11.3 Å². The molecular formula is C15H19N3O. The molecule has 1 aliphatic carbocycles. The molecule has 19 heavy (non-hydrogen) atoms. The third-order valence-electron chi connectivity index (χ3n) is 3.76. The van der Waals surface area contributed by atoms with Crippen molar-refractivity contribution in [1.29, 1.82) is 0 Å². The minimum atomic E-state index is 0.804. The van der Waals surface area contributed by atoms with Gasteiger partial charge in [-0.15, -0.1) is 0 Å². The van der Waals surface area contributed by atoms with Crippen LogP contribution >= 0.6 is 0 Å². The monoisotopic (exact) mass is 257 g/mol. The third-order valence-corrected chi connectivity index (χ3v) is 3.76. The lowest BCUT2D eigenvalue weighted by molar-refractivity contribution is 0.221. The van der Waals surface area contributed by atoms with E-state index in [-0.39, 0.29) is 0 Å². The first-order valence-corrected chi connectivity index (χ1v) is 6.89. The van der Waals surface area contributed by atoms with Crippen LogP contribution in [0.3, 0.4) is 0 Å². The predicted molar refractivity (Wildman–Crippen MR) is 73.9 cm³/mol. The van der Waals surface area contributed by atoms with Crippen LogP contribution in [0.1, 0.15) is 25.7 Å². The van der Waals surface area contributed by atoms with Crippen LogP contribution in [0.4, 0.5) is 0 Å². The standard InChI is InChI=1S/C15H19N3O/c1-18-11-13(9-17-18)15-6-5-14(10-16-15)19-8-7-12-3-2-4-12/h5-6,9-12H,2-4,7-8H2,1H3. The number of nitrogens with zero attached hydrogens (tertiary/aromatic N) is 3. The maximum Gasteiger partial charge on any atom is 0.137 e. The molecule has 0 aliphatic heterocycles. The van der Waals surface area contributed by atoms with Crippen molar-refractivity contribution in [2.45, 2.75) is 25.7 Å². The molecule has 100 valence electrons. The molecule has 2 heterocycles. The van der Waals surface area contributed by atoms with E-state index in [4.69, 9.17) is 4.74 Å². The average molecular weight is 257 g/mol. The lowest BCUT2D eigenvalue weighted by Gasteiger charge is -2.24. The second-order valence-corrected chi connectivity index (χ2v) is 5.22. The van der Waals surface area contributed by atoms with Gasteiger partial charge in [-0.3, -0.25) is 9.67 Å². The number of pyridine rings is 1. The number of aryl methyl sites for hydroxylation is 1. The van der Waals surface area contributed by atoms with Crippen molar-refractivity contribution >= 4 is 0 Å². The highest BCUT2D eigenvalue weighted by molar-refractivity contribution is 5.57. The van der Waals surface area contributed by atoms with Crippen molar-refractivity contribution < 1.29 is 4.74 Å². The smallest absolute Gasteiger partial charge is 0.137 e. The van der Waals surface area contributed by atoms with Crippen LogP contribution in [0.5, 0.6) is 5.75 Å². The summed E-state index contributed by atoms with van der Waals surface area (Å²) in [5.41, 5.74) is 1.96. The Morgan fingerprint density at radius 2 is 2.21 bits per heavy atom. The summed E-state index contributed by atoms with van der Waals surface area (Å²) in [6.45, 7) is 0.804. The van der Waals surface area contributed by atoms with Gasteiger partial charge in [0, 0.05) is 18.8 Å². The van der Waals surface area contributed by atoms with Gasteiger partial charge in [-0.25, -0.2) is 0 Å². The fraction of sp³-hybridized carbons (Fsp3) is 0.467. The van der Waals surface area contributed by atoms with Gasteiger partial charge in [0.05, 0.1) is 24.7 Å². The summed E-state index contributed by atoms with van der Waals surface area (Å²) in [7, 11) is 1.90. The molecule has 1 fully saturated rings. The van der Waals surface area contributed by atoms with Crippen LogP contribution in [-0.4, -0.2) is 21.4 Å². The number of aromatic nitrogens is 3. The molecule has 0 atom stereocenters. The molecule has 2 aromatic rings. The number of rotatable bonds is 5. The molecule has 0 unspecified atom stereocenters. The highest BCUT2D eigenvalue weighted by atomic mass is 16.5. The summed E-state index contributed by atoms with van der Waals surface area (Å²) in [6.07, 6.45) is 10.9. The minimum absolute atomic E-state index is 0.804. The van der Waals surface area contributed by atoms with Crippen LogP contribution < -0.4 is 4.74 Å². The van der Waals surface area contributed by atoms with Crippen molar-refractivity contribution in [2.75, 3.05) is 6.61 Å². The Balaban J connectivity index is 1.56. The van der Waals surface area contributed by atoms with Crippen LogP contribution in [0, 0.1) is 5.92 Å². The molecule has 0 radical (unpaired) electrons. The van der Waals surface area contributed by atoms with Gasteiger partial charge in [-0.05, 0) is 24.5 Å². The molecule has 0 aromatic carbocycles. The lowest BCUT2D eigenvalue weighted by Crippen LogP contribution is -2.14. The second-order valence-electron chi connectivity index (χ2n) is 5.22. The Morgan fingerprint density at radius 1 is 1.32 bits per heavy atom. The van der Waals surface area contributed by atoms with Crippen molar-refractivity contribution in [1.82, 2.24) is 14.8 Å². The van der Waals surface area contributed by atoms with Crippen molar-refractivity contribution in [3.05, 3.63) is 30.7 Å². The second kappa shape index (κ2) is 5.43. The Labute approximate surface area is 113 Å². The third kappa shape index (κ3) is 2.95. The number of ether oxygens (including phenoxy) is 1. The molecule has 0 spiro atoms. The fourth-order valence-corrected chi connectivity index (χ4v) is 2.31. The minimum Gasteiger partial charge on any atom is -0.492 e. The van der Waals surface area contributed by atoms with Crippen molar-refractivity contribution in [2.24, 2.45) is 13.0 Å². The van der Waals surface area contributed by atoms with Gasteiger partial charge in [0.25, 0.3) is 0 Å². The van der Waals surface area contributed by atoms with Gasteiger partial charge in [-0.2, -0.15) is 5.10 Å². The Hall–Kier alpha value is -1.84. The van der Waals surface area contributed by atoms with E-state index >= 15 is 0 Å². The van der Waals surface area contributed by atoms with Crippen LogP contribution in [0.2, 0.25) is 0 Å². The first-order valence-electron chi connectivity index (χ1n) is 6.89. The molecule has 1 saturated carbocycles. The Morgan fingerprint density at radius 3 is 2.79 bits per heavy atom. The SMILES string of the molecule is Cn1cc(-c2ccc(OCCC3CCC3)cn2)cn1. The molecule has 0 saturated heterocycles. The summed E-state index contributed by atoms with van der Waals surface area (Å²) < 4.78 is 7.50. The molecular weight excluding hydrogens is 238 g/mol. The normalized spacial score (nSPS) is 15.2. The molecule has 3 rings (SSSR count). The molecule has 0 N–H and O–H groups in total. The highest BCUT2D eigenvalue weighted by Crippen LogP contribution is 2.29. The first-order chi connectivity index (χ1) is 9.31. The first kappa shape index (κ1) is 12.2. The van der Waals surface area contributed by atoms with Gasteiger partial charge >= 0.3 is 0 Å². The van der Waals surface area contributed by atoms with E-state index in [1.165, 1.54) is 25.7 Å². The number of hydrogen-bond acceptors (Lipinski definition) is 3.